The van der Waals surface area contributed by atoms with Gasteiger partial charge in [-0.05, 0) is 31.2 Å². The second-order valence-corrected chi connectivity index (χ2v) is 3.99. The molecule has 0 radical (unpaired) electrons. The first kappa shape index (κ1) is 13.3. The van der Waals surface area contributed by atoms with Crippen LogP contribution in [0, 0.1) is 23.3 Å². The Morgan fingerprint density at radius 3 is 2.37 bits per heavy atom. The predicted molar refractivity (Wildman–Crippen MR) is 62.5 cm³/mol. The van der Waals surface area contributed by atoms with Gasteiger partial charge in [0.05, 0.1) is 23.6 Å². The maximum absolute atomic E-state index is 13.4. The molecule has 0 bridgehead atoms. The number of hydrogen-bond donors (Lipinski definition) is 1. The molecule has 100 valence electrons. The topological polar surface area (TPSA) is 24.9 Å². The van der Waals surface area contributed by atoms with E-state index in [1.54, 1.807) is 6.92 Å². The minimum Gasteiger partial charge on any atom is -0.374 e. The molecular formula is C13H10F4N2. The molecule has 2 nitrogen and oxygen atoms in total. The lowest BCUT2D eigenvalue weighted by Crippen LogP contribution is -2.10. The molecule has 0 saturated heterocycles. The summed E-state index contributed by atoms with van der Waals surface area (Å²) < 4.78 is 52.0. The Morgan fingerprint density at radius 2 is 1.74 bits per heavy atom. The van der Waals surface area contributed by atoms with Crippen LogP contribution in [0.3, 0.4) is 0 Å². The zero-order valence-electron chi connectivity index (χ0n) is 9.92. The van der Waals surface area contributed by atoms with Crippen molar-refractivity contribution in [2.75, 3.05) is 5.32 Å². The van der Waals surface area contributed by atoms with Crippen LogP contribution in [-0.2, 0) is 0 Å². The summed E-state index contributed by atoms with van der Waals surface area (Å²) in [7, 11) is 0. The molecular weight excluding hydrogens is 260 g/mol. The highest BCUT2D eigenvalue weighted by Gasteiger charge is 2.15. The summed E-state index contributed by atoms with van der Waals surface area (Å²) in [5.41, 5.74) is 0.267. The summed E-state index contributed by atoms with van der Waals surface area (Å²) in [5.74, 6) is -4.58. The third-order valence-electron chi connectivity index (χ3n) is 2.60. The smallest absolute Gasteiger partial charge is 0.196 e. The lowest BCUT2D eigenvalue weighted by Gasteiger charge is -2.15. The highest BCUT2D eigenvalue weighted by Crippen LogP contribution is 2.23. The van der Waals surface area contributed by atoms with Gasteiger partial charge in [-0.2, -0.15) is 0 Å². The zero-order valence-corrected chi connectivity index (χ0v) is 9.92. The van der Waals surface area contributed by atoms with E-state index >= 15 is 0 Å². The number of halogens is 4. The number of benzene rings is 1. The molecule has 1 aromatic heterocycles. The summed E-state index contributed by atoms with van der Waals surface area (Å²) in [6, 6.07) is 4.06. The van der Waals surface area contributed by atoms with Crippen LogP contribution in [0.25, 0.3) is 0 Å². The first-order valence-electron chi connectivity index (χ1n) is 5.50. The van der Waals surface area contributed by atoms with Crippen LogP contribution in [-0.4, -0.2) is 4.98 Å². The first-order valence-corrected chi connectivity index (χ1v) is 5.50. The van der Waals surface area contributed by atoms with E-state index < -0.39 is 29.3 Å². The van der Waals surface area contributed by atoms with Crippen molar-refractivity contribution in [2.45, 2.75) is 13.0 Å². The van der Waals surface area contributed by atoms with E-state index in [1.165, 1.54) is 12.1 Å². The molecule has 0 aliphatic heterocycles. The van der Waals surface area contributed by atoms with Gasteiger partial charge in [-0.15, -0.1) is 0 Å². The Kier molecular flexibility index (Phi) is 3.69. The van der Waals surface area contributed by atoms with Crippen molar-refractivity contribution in [3.63, 3.8) is 0 Å². The summed E-state index contributed by atoms with van der Waals surface area (Å²) in [6.07, 6.45) is 1.02. The Labute approximate surface area is 107 Å². The summed E-state index contributed by atoms with van der Waals surface area (Å²) in [6.45, 7) is 1.64. The van der Waals surface area contributed by atoms with Gasteiger partial charge in [-0.1, -0.05) is 0 Å². The van der Waals surface area contributed by atoms with Gasteiger partial charge < -0.3 is 5.32 Å². The Hall–Kier alpha value is -2.11. The quantitative estimate of drug-likeness (QED) is 0.677. The standard InChI is InChI=1S/C13H10F4N2/c1-7(10-4-2-8(14)6-18-10)19-11-5-3-9(15)12(16)13(11)17/h2-7,19H,1H3. The van der Waals surface area contributed by atoms with E-state index in [-0.39, 0.29) is 5.69 Å². The van der Waals surface area contributed by atoms with E-state index in [1.807, 2.05) is 0 Å². The average Bonchev–Trinajstić information content (AvgIpc) is 2.40. The van der Waals surface area contributed by atoms with Crippen molar-refractivity contribution < 1.29 is 17.6 Å². The van der Waals surface area contributed by atoms with Crippen molar-refractivity contribution in [3.05, 3.63) is 59.4 Å². The minimum atomic E-state index is -1.54. The number of rotatable bonds is 3. The fourth-order valence-corrected chi connectivity index (χ4v) is 1.59. The van der Waals surface area contributed by atoms with Crippen LogP contribution >= 0.6 is 0 Å². The van der Waals surface area contributed by atoms with Crippen LogP contribution < -0.4 is 5.32 Å². The van der Waals surface area contributed by atoms with Gasteiger partial charge in [0, 0.05) is 0 Å². The van der Waals surface area contributed by atoms with E-state index in [4.69, 9.17) is 0 Å². The largest absolute Gasteiger partial charge is 0.374 e. The van der Waals surface area contributed by atoms with Crippen LogP contribution in [0.5, 0.6) is 0 Å². The number of anilines is 1. The van der Waals surface area contributed by atoms with Crippen molar-refractivity contribution in [1.29, 1.82) is 0 Å². The van der Waals surface area contributed by atoms with Gasteiger partial charge >= 0.3 is 0 Å². The van der Waals surface area contributed by atoms with Crippen LogP contribution in [0.15, 0.2) is 30.5 Å². The third-order valence-corrected chi connectivity index (χ3v) is 2.60. The fraction of sp³-hybridized carbons (Fsp3) is 0.154. The molecule has 2 aromatic rings. The van der Waals surface area contributed by atoms with Crippen molar-refractivity contribution >= 4 is 5.69 Å². The molecule has 0 spiro atoms. The second-order valence-electron chi connectivity index (χ2n) is 3.99. The molecule has 1 unspecified atom stereocenters. The Bertz CT molecular complexity index is 584. The van der Waals surface area contributed by atoms with E-state index in [0.717, 1.165) is 18.3 Å². The maximum Gasteiger partial charge on any atom is 0.196 e. The minimum absolute atomic E-state index is 0.183. The molecule has 1 aromatic carbocycles. The summed E-state index contributed by atoms with van der Waals surface area (Å²) in [4.78, 5) is 3.82. The van der Waals surface area contributed by atoms with Crippen molar-refractivity contribution in [3.8, 4) is 0 Å². The zero-order chi connectivity index (χ0) is 14.0. The molecule has 0 amide bonds. The Morgan fingerprint density at radius 1 is 1.00 bits per heavy atom. The van der Waals surface area contributed by atoms with Crippen LogP contribution in [0.4, 0.5) is 23.2 Å². The molecule has 0 aliphatic carbocycles. The highest BCUT2D eigenvalue weighted by molar-refractivity contribution is 5.46. The molecule has 1 atom stereocenters. The molecule has 0 saturated carbocycles. The second kappa shape index (κ2) is 5.26. The van der Waals surface area contributed by atoms with Crippen LogP contribution in [0.2, 0.25) is 0 Å². The number of nitrogens with zero attached hydrogens (tertiary/aromatic N) is 1. The van der Waals surface area contributed by atoms with Gasteiger partial charge in [-0.3, -0.25) is 4.98 Å². The van der Waals surface area contributed by atoms with Crippen LogP contribution in [0.1, 0.15) is 18.7 Å². The molecule has 1 heterocycles. The number of aromatic nitrogens is 1. The summed E-state index contributed by atoms with van der Waals surface area (Å²) >= 11 is 0. The predicted octanol–water partition coefficient (Wildman–Crippen LogP) is 3.81. The van der Waals surface area contributed by atoms with Gasteiger partial charge in [0.2, 0.25) is 0 Å². The fourth-order valence-electron chi connectivity index (χ4n) is 1.59. The first-order chi connectivity index (χ1) is 8.99. The highest BCUT2D eigenvalue weighted by atomic mass is 19.2. The number of pyridine rings is 1. The molecule has 2 rings (SSSR count). The average molecular weight is 270 g/mol. The van der Waals surface area contributed by atoms with Gasteiger partial charge in [0.15, 0.2) is 17.5 Å². The monoisotopic (exact) mass is 270 g/mol. The molecule has 19 heavy (non-hydrogen) atoms. The van der Waals surface area contributed by atoms with Gasteiger partial charge in [0.25, 0.3) is 0 Å². The lowest BCUT2D eigenvalue weighted by molar-refractivity contribution is 0.448. The number of hydrogen-bond acceptors (Lipinski definition) is 2. The number of nitrogens with one attached hydrogen (secondary N) is 1. The Balaban J connectivity index is 2.21. The van der Waals surface area contributed by atoms with Crippen molar-refractivity contribution in [1.82, 2.24) is 4.98 Å². The molecule has 6 heteroatoms. The van der Waals surface area contributed by atoms with Gasteiger partial charge in [0.1, 0.15) is 5.82 Å². The SMILES string of the molecule is CC(Nc1ccc(F)c(F)c1F)c1ccc(F)cn1. The van der Waals surface area contributed by atoms with E-state index in [0.29, 0.717) is 5.69 Å². The van der Waals surface area contributed by atoms with Crippen molar-refractivity contribution in [2.24, 2.45) is 0 Å². The molecule has 0 aliphatic rings. The lowest BCUT2D eigenvalue weighted by atomic mass is 10.2. The normalized spacial score (nSPS) is 12.3. The molecule has 1 N–H and O–H groups in total. The third kappa shape index (κ3) is 2.83. The van der Waals surface area contributed by atoms with Gasteiger partial charge in [-0.25, -0.2) is 17.6 Å². The van der Waals surface area contributed by atoms with E-state index in [2.05, 4.69) is 10.3 Å². The molecule has 0 fully saturated rings. The maximum atomic E-state index is 13.4. The van der Waals surface area contributed by atoms with E-state index in [9.17, 15) is 17.6 Å². The summed E-state index contributed by atoms with van der Waals surface area (Å²) in [5, 5.41) is 2.65.